The van der Waals surface area contributed by atoms with Crippen molar-refractivity contribution >= 4 is 28.9 Å². The smallest absolute Gasteiger partial charge is 0.228 e. The molecule has 3 rings (SSSR count). The van der Waals surface area contributed by atoms with Crippen LogP contribution < -0.4 is 10.6 Å². The molecule has 1 amide bonds. The summed E-state index contributed by atoms with van der Waals surface area (Å²) >= 11 is 6.25. The SMILES string of the molecule is Cc1ccc(C(C)Nc2cc3c(cc2Cl)NC(=O)C3)o1. The van der Waals surface area contributed by atoms with E-state index in [0.717, 1.165) is 28.5 Å². The normalized spacial score (nSPS) is 14.8. The summed E-state index contributed by atoms with van der Waals surface area (Å²) in [5.41, 5.74) is 2.57. The first-order chi connectivity index (χ1) is 9.52. The fourth-order valence-corrected chi connectivity index (χ4v) is 2.57. The Morgan fingerprint density at radius 3 is 2.90 bits per heavy atom. The Morgan fingerprint density at radius 2 is 2.20 bits per heavy atom. The van der Waals surface area contributed by atoms with Crippen LogP contribution in [0.1, 0.15) is 30.0 Å². The van der Waals surface area contributed by atoms with Crippen LogP contribution in [0.4, 0.5) is 11.4 Å². The Morgan fingerprint density at radius 1 is 1.40 bits per heavy atom. The zero-order chi connectivity index (χ0) is 14.3. The van der Waals surface area contributed by atoms with Gasteiger partial charge in [-0.25, -0.2) is 0 Å². The minimum Gasteiger partial charge on any atom is -0.464 e. The van der Waals surface area contributed by atoms with Crippen molar-refractivity contribution in [3.05, 3.63) is 46.4 Å². The predicted molar refractivity (Wildman–Crippen MR) is 79.3 cm³/mol. The van der Waals surface area contributed by atoms with Crippen LogP contribution in [0.25, 0.3) is 0 Å². The molecule has 104 valence electrons. The first-order valence-electron chi connectivity index (χ1n) is 6.48. The van der Waals surface area contributed by atoms with Crippen molar-refractivity contribution in [1.82, 2.24) is 0 Å². The van der Waals surface area contributed by atoms with Gasteiger partial charge in [0.15, 0.2) is 0 Å². The van der Waals surface area contributed by atoms with E-state index in [1.54, 1.807) is 6.07 Å². The van der Waals surface area contributed by atoms with E-state index in [1.807, 2.05) is 32.0 Å². The summed E-state index contributed by atoms with van der Waals surface area (Å²) in [6, 6.07) is 7.58. The first kappa shape index (κ1) is 13.1. The maximum Gasteiger partial charge on any atom is 0.228 e. The fourth-order valence-electron chi connectivity index (χ4n) is 2.35. The number of carbonyl (C=O) groups is 1. The van der Waals surface area contributed by atoms with Gasteiger partial charge in [-0.2, -0.15) is 0 Å². The van der Waals surface area contributed by atoms with Crippen molar-refractivity contribution in [1.29, 1.82) is 0 Å². The number of hydrogen-bond acceptors (Lipinski definition) is 3. The van der Waals surface area contributed by atoms with Crippen LogP contribution in [0.5, 0.6) is 0 Å². The third kappa shape index (κ3) is 2.39. The van der Waals surface area contributed by atoms with Crippen molar-refractivity contribution in [3.8, 4) is 0 Å². The Bertz CT molecular complexity index is 679. The molecule has 0 saturated heterocycles. The van der Waals surface area contributed by atoms with E-state index in [2.05, 4.69) is 10.6 Å². The maximum absolute atomic E-state index is 11.4. The largest absolute Gasteiger partial charge is 0.464 e. The van der Waals surface area contributed by atoms with E-state index >= 15 is 0 Å². The van der Waals surface area contributed by atoms with Crippen LogP contribution >= 0.6 is 11.6 Å². The molecule has 2 N–H and O–H groups in total. The highest BCUT2D eigenvalue weighted by molar-refractivity contribution is 6.33. The molecule has 1 aromatic heterocycles. The van der Waals surface area contributed by atoms with E-state index in [9.17, 15) is 4.79 Å². The number of nitrogens with one attached hydrogen (secondary N) is 2. The Kier molecular flexibility index (Phi) is 3.18. The predicted octanol–water partition coefficient (Wildman–Crippen LogP) is 3.91. The lowest BCUT2D eigenvalue weighted by Crippen LogP contribution is -2.06. The van der Waals surface area contributed by atoms with E-state index < -0.39 is 0 Å². The topological polar surface area (TPSA) is 54.3 Å². The Labute approximate surface area is 122 Å². The number of furan rings is 1. The lowest BCUT2D eigenvalue weighted by atomic mass is 10.1. The molecule has 1 aliphatic heterocycles. The second kappa shape index (κ2) is 4.87. The number of halogens is 1. The number of fused-ring (bicyclic) bond motifs is 1. The summed E-state index contributed by atoms with van der Waals surface area (Å²) in [6.45, 7) is 3.92. The summed E-state index contributed by atoms with van der Waals surface area (Å²) in [6.07, 6.45) is 0.398. The van der Waals surface area contributed by atoms with Gasteiger partial charge in [0, 0.05) is 5.69 Å². The number of carbonyl (C=O) groups excluding carboxylic acids is 1. The molecule has 1 unspecified atom stereocenters. The van der Waals surface area contributed by atoms with E-state index in [0.29, 0.717) is 11.4 Å². The van der Waals surface area contributed by atoms with Crippen LogP contribution in [-0.4, -0.2) is 5.91 Å². The molecule has 1 aliphatic rings. The molecule has 20 heavy (non-hydrogen) atoms. The summed E-state index contributed by atoms with van der Waals surface area (Å²) in [7, 11) is 0. The summed E-state index contributed by atoms with van der Waals surface area (Å²) < 4.78 is 5.60. The summed E-state index contributed by atoms with van der Waals surface area (Å²) in [4.78, 5) is 11.4. The monoisotopic (exact) mass is 290 g/mol. The van der Waals surface area contributed by atoms with Gasteiger partial charge >= 0.3 is 0 Å². The van der Waals surface area contributed by atoms with Gasteiger partial charge in [-0.3, -0.25) is 4.79 Å². The number of amides is 1. The van der Waals surface area contributed by atoms with Crippen LogP contribution in [0.2, 0.25) is 5.02 Å². The van der Waals surface area contributed by atoms with Gasteiger partial charge in [0.1, 0.15) is 11.5 Å². The van der Waals surface area contributed by atoms with Gasteiger partial charge in [0.25, 0.3) is 0 Å². The molecule has 1 aromatic carbocycles. The lowest BCUT2D eigenvalue weighted by molar-refractivity contribution is -0.115. The minimum absolute atomic E-state index is 0.00271. The number of benzene rings is 1. The third-order valence-corrected chi connectivity index (χ3v) is 3.69. The number of anilines is 2. The number of rotatable bonds is 3. The average Bonchev–Trinajstić information content (AvgIpc) is 2.95. The standard InChI is InChI=1S/C15H15ClN2O2/c1-8-3-4-14(20-8)9(2)17-13-5-10-6-15(19)18-12(10)7-11(13)16/h3-5,7,9,17H,6H2,1-2H3,(H,18,19). The molecule has 0 saturated carbocycles. The van der Waals surface area contributed by atoms with E-state index in [4.69, 9.17) is 16.0 Å². The molecular weight excluding hydrogens is 276 g/mol. The van der Waals surface area contributed by atoms with Crippen LogP contribution in [-0.2, 0) is 11.2 Å². The second-order valence-electron chi connectivity index (χ2n) is 5.03. The highest BCUT2D eigenvalue weighted by Gasteiger charge is 2.20. The van der Waals surface area contributed by atoms with Gasteiger partial charge in [0.05, 0.1) is 23.2 Å². The molecule has 0 bridgehead atoms. The third-order valence-electron chi connectivity index (χ3n) is 3.38. The van der Waals surface area contributed by atoms with Gasteiger partial charge in [-0.1, -0.05) is 11.6 Å². The van der Waals surface area contributed by atoms with Crippen molar-refractivity contribution in [2.75, 3.05) is 10.6 Å². The lowest BCUT2D eigenvalue weighted by Gasteiger charge is -2.15. The molecule has 2 heterocycles. The Hall–Kier alpha value is -1.94. The van der Waals surface area contributed by atoms with Gasteiger partial charge < -0.3 is 15.1 Å². The van der Waals surface area contributed by atoms with Crippen LogP contribution in [0.15, 0.2) is 28.7 Å². The highest BCUT2D eigenvalue weighted by Crippen LogP contribution is 2.34. The molecule has 0 aliphatic carbocycles. The van der Waals surface area contributed by atoms with Crippen LogP contribution in [0.3, 0.4) is 0 Å². The number of hydrogen-bond donors (Lipinski definition) is 2. The van der Waals surface area contributed by atoms with Crippen molar-refractivity contribution in [2.45, 2.75) is 26.3 Å². The highest BCUT2D eigenvalue weighted by atomic mass is 35.5. The first-order valence-corrected chi connectivity index (χ1v) is 6.86. The van der Waals surface area contributed by atoms with Crippen molar-refractivity contribution in [3.63, 3.8) is 0 Å². The molecule has 5 heteroatoms. The number of aryl methyl sites for hydroxylation is 1. The minimum atomic E-state index is 0.00271. The molecule has 0 spiro atoms. The second-order valence-corrected chi connectivity index (χ2v) is 5.44. The van der Waals surface area contributed by atoms with Gasteiger partial charge in [0.2, 0.25) is 5.91 Å². The van der Waals surface area contributed by atoms with E-state index in [-0.39, 0.29) is 11.9 Å². The van der Waals surface area contributed by atoms with Crippen molar-refractivity contribution in [2.24, 2.45) is 0 Å². The fraction of sp³-hybridized carbons (Fsp3) is 0.267. The zero-order valence-electron chi connectivity index (χ0n) is 11.3. The van der Waals surface area contributed by atoms with Crippen molar-refractivity contribution < 1.29 is 9.21 Å². The molecule has 1 atom stereocenters. The molecule has 4 nitrogen and oxygen atoms in total. The van der Waals surface area contributed by atoms with Crippen LogP contribution in [0, 0.1) is 6.92 Å². The van der Waals surface area contributed by atoms with Gasteiger partial charge in [-0.15, -0.1) is 0 Å². The molecule has 0 fully saturated rings. The molecule has 2 aromatic rings. The molecular formula is C15H15ClN2O2. The summed E-state index contributed by atoms with van der Waals surface area (Å²) in [5, 5.41) is 6.69. The molecule has 0 radical (unpaired) electrons. The maximum atomic E-state index is 11.4. The summed E-state index contributed by atoms with van der Waals surface area (Å²) in [5.74, 6) is 1.74. The average molecular weight is 291 g/mol. The quantitative estimate of drug-likeness (QED) is 0.901. The zero-order valence-corrected chi connectivity index (χ0v) is 12.0. The van der Waals surface area contributed by atoms with E-state index in [1.165, 1.54) is 0 Å². The van der Waals surface area contributed by atoms with Gasteiger partial charge in [-0.05, 0) is 43.7 Å². The Balaban J connectivity index is 1.84.